The Balaban J connectivity index is 1.95. The van der Waals surface area contributed by atoms with Gasteiger partial charge in [0.25, 0.3) is 0 Å². The Labute approximate surface area is 151 Å². The molecule has 1 fully saturated rings. The fraction of sp³-hybridized carbons (Fsp3) is 0.700. The van der Waals surface area contributed by atoms with Crippen LogP contribution < -0.4 is 4.74 Å². The van der Waals surface area contributed by atoms with E-state index >= 15 is 0 Å². The van der Waals surface area contributed by atoms with Crippen molar-refractivity contribution in [2.75, 3.05) is 7.11 Å². The molecule has 1 aromatic heterocycles. The number of ether oxygens (including phenoxy) is 3. The average molecular weight is 349 g/mol. The molecule has 1 aliphatic carbocycles. The smallest absolute Gasteiger partial charge is 0.309 e. The number of methoxy groups -OCH3 is 1. The zero-order valence-electron chi connectivity index (χ0n) is 16.1. The quantitative estimate of drug-likeness (QED) is 0.700. The van der Waals surface area contributed by atoms with E-state index in [1.165, 1.54) is 0 Å². The number of pyridine rings is 1. The van der Waals surface area contributed by atoms with Crippen LogP contribution in [-0.4, -0.2) is 36.4 Å². The molecule has 0 N–H and O–H groups in total. The van der Waals surface area contributed by atoms with Gasteiger partial charge in [0.05, 0.1) is 29.9 Å². The highest BCUT2D eigenvalue weighted by atomic mass is 16.5. The topological polar surface area (TPSA) is 57.7 Å². The highest BCUT2D eigenvalue weighted by molar-refractivity contribution is 5.72. The van der Waals surface area contributed by atoms with Crippen LogP contribution in [0.2, 0.25) is 0 Å². The van der Waals surface area contributed by atoms with Crippen LogP contribution >= 0.6 is 0 Å². The summed E-state index contributed by atoms with van der Waals surface area (Å²) >= 11 is 0. The van der Waals surface area contributed by atoms with E-state index in [0.717, 1.165) is 42.8 Å². The van der Waals surface area contributed by atoms with Crippen molar-refractivity contribution in [3.8, 4) is 5.75 Å². The number of esters is 1. The summed E-state index contributed by atoms with van der Waals surface area (Å²) in [6.45, 7) is 7.76. The summed E-state index contributed by atoms with van der Waals surface area (Å²) in [6.07, 6.45) is 4.45. The van der Waals surface area contributed by atoms with Gasteiger partial charge in [0.1, 0.15) is 5.75 Å². The molecule has 0 saturated heterocycles. The zero-order chi connectivity index (χ0) is 18.4. The third kappa shape index (κ3) is 5.99. The molecule has 0 radical (unpaired) electrons. The number of aromatic nitrogens is 1. The summed E-state index contributed by atoms with van der Waals surface area (Å²) in [7, 11) is 1.71. The second-order valence-electron chi connectivity index (χ2n) is 7.23. The van der Waals surface area contributed by atoms with E-state index in [9.17, 15) is 4.79 Å². The summed E-state index contributed by atoms with van der Waals surface area (Å²) in [5.74, 6) is 0.648. The molecule has 1 unspecified atom stereocenters. The molecule has 0 aromatic carbocycles. The Bertz CT molecular complexity index is 573. The van der Waals surface area contributed by atoms with Crippen molar-refractivity contribution in [2.45, 2.75) is 78.1 Å². The highest BCUT2D eigenvalue weighted by Crippen LogP contribution is 2.30. The summed E-state index contributed by atoms with van der Waals surface area (Å²) in [5.41, 5.74) is 1.88. The van der Waals surface area contributed by atoms with Gasteiger partial charge in [0.15, 0.2) is 0 Å². The van der Waals surface area contributed by atoms with Gasteiger partial charge in [0.2, 0.25) is 0 Å². The summed E-state index contributed by atoms with van der Waals surface area (Å²) in [6, 6.07) is 3.97. The van der Waals surface area contributed by atoms with E-state index < -0.39 is 0 Å². The van der Waals surface area contributed by atoms with Gasteiger partial charge in [-0.05, 0) is 65.5 Å². The molecule has 5 heteroatoms. The van der Waals surface area contributed by atoms with Crippen LogP contribution in [-0.2, 0) is 20.7 Å². The van der Waals surface area contributed by atoms with Crippen molar-refractivity contribution in [3.63, 3.8) is 0 Å². The van der Waals surface area contributed by atoms with Crippen molar-refractivity contribution in [1.29, 1.82) is 0 Å². The molecule has 0 bridgehead atoms. The lowest BCUT2D eigenvalue weighted by atomic mass is 9.87. The van der Waals surface area contributed by atoms with Crippen LogP contribution in [0, 0.1) is 12.8 Å². The Morgan fingerprint density at radius 3 is 2.68 bits per heavy atom. The van der Waals surface area contributed by atoms with Gasteiger partial charge < -0.3 is 14.2 Å². The molecule has 0 aliphatic heterocycles. The second-order valence-corrected chi connectivity index (χ2v) is 7.23. The maximum Gasteiger partial charge on any atom is 0.309 e. The first-order chi connectivity index (χ1) is 11.9. The molecule has 1 heterocycles. The van der Waals surface area contributed by atoms with E-state index in [0.29, 0.717) is 6.42 Å². The summed E-state index contributed by atoms with van der Waals surface area (Å²) in [4.78, 5) is 16.8. The average Bonchev–Trinajstić information content (AvgIpc) is 2.57. The van der Waals surface area contributed by atoms with Crippen molar-refractivity contribution in [3.05, 3.63) is 23.5 Å². The van der Waals surface area contributed by atoms with Crippen LogP contribution in [0.4, 0.5) is 0 Å². The predicted octanol–water partition coefficient (Wildman–Crippen LogP) is 3.86. The Morgan fingerprint density at radius 1 is 1.28 bits per heavy atom. The number of nitrogens with zero attached hydrogens (tertiary/aromatic N) is 1. The minimum absolute atomic E-state index is 0.0442. The zero-order valence-corrected chi connectivity index (χ0v) is 16.1. The first kappa shape index (κ1) is 19.7. The molecule has 1 aromatic rings. The van der Waals surface area contributed by atoms with Crippen LogP contribution in [0.1, 0.15) is 57.8 Å². The van der Waals surface area contributed by atoms with Crippen LogP contribution in [0.3, 0.4) is 0 Å². The first-order valence-corrected chi connectivity index (χ1v) is 9.25. The van der Waals surface area contributed by atoms with Gasteiger partial charge in [-0.25, -0.2) is 0 Å². The van der Waals surface area contributed by atoms with E-state index in [2.05, 4.69) is 4.98 Å². The molecule has 25 heavy (non-hydrogen) atoms. The molecule has 140 valence electrons. The van der Waals surface area contributed by atoms with Crippen molar-refractivity contribution in [2.24, 2.45) is 5.92 Å². The van der Waals surface area contributed by atoms with Crippen molar-refractivity contribution < 1.29 is 19.0 Å². The lowest BCUT2D eigenvalue weighted by Crippen LogP contribution is -2.32. The minimum Gasteiger partial charge on any atom is -0.489 e. The fourth-order valence-corrected chi connectivity index (χ4v) is 3.19. The van der Waals surface area contributed by atoms with Gasteiger partial charge in [-0.15, -0.1) is 0 Å². The number of hydrogen-bond acceptors (Lipinski definition) is 5. The first-order valence-electron chi connectivity index (χ1n) is 9.25. The fourth-order valence-electron chi connectivity index (χ4n) is 3.19. The number of carbonyl (C=O) groups is 1. The normalized spacial score (nSPS) is 21.8. The van der Waals surface area contributed by atoms with Gasteiger partial charge in [-0.3, -0.25) is 9.78 Å². The molecular weight excluding hydrogens is 318 g/mol. The monoisotopic (exact) mass is 349 g/mol. The molecule has 2 rings (SSSR count). The number of rotatable bonds is 7. The Kier molecular flexibility index (Phi) is 7.24. The highest BCUT2D eigenvalue weighted by Gasteiger charge is 2.30. The molecule has 1 aliphatic rings. The molecule has 0 spiro atoms. The minimum atomic E-state index is -0.0953. The van der Waals surface area contributed by atoms with Crippen molar-refractivity contribution >= 4 is 5.97 Å². The third-order valence-electron chi connectivity index (χ3n) is 4.60. The van der Waals surface area contributed by atoms with Crippen molar-refractivity contribution in [1.82, 2.24) is 4.98 Å². The van der Waals surface area contributed by atoms with Gasteiger partial charge in [0, 0.05) is 19.2 Å². The van der Waals surface area contributed by atoms with E-state index in [-0.39, 0.29) is 30.2 Å². The van der Waals surface area contributed by atoms with Gasteiger partial charge >= 0.3 is 5.97 Å². The van der Waals surface area contributed by atoms with Gasteiger partial charge in [-0.1, -0.05) is 0 Å². The van der Waals surface area contributed by atoms with E-state index in [4.69, 9.17) is 14.2 Å². The molecular formula is C20H31NO4. The van der Waals surface area contributed by atoms with Crippen LogP contribution in [0.15, 0.2) is 12.1 Å². The standard InChI is InChI=1S/C20H31NO4/c1-13(2)24-20(22)16-7-6-8-18(12-16)25-19-10-9-17(21-15(19)4)11-14(3)23-5/h9-10,13-14,16,18H,6-8,11-12H2,1-5H3/t14?,16-,18-/m0/s1. The largest absolute Gasteiger partial charge is 0.489 e. The maximum absolute atomic E-state index is 12.1. The second kappa shape index (κ2) is 9.18. The molecule has 1 saturated carbocycles. The Morgan fingerprint density at radius 2 is 2.04 bits per heavy atom. The SMILES string of the molecule is COC(C)Cc1ccc(O[C@H]2CCC[C@H](C(=O)OC(C)C)C2)c(C)n1. The number of hydrogen-bond donors (Lipinski definition) is 0. The number of carbonyl (C=O) groups excluding carboxylic acids is 1. The maximum atomic E-state index is 12.1. The summed E-state index contributed by atoms with van der Waals surface area (Å²) in [5, 5.41) is 0. The predicted molar refractivity (Wildman–Crippen MR) is 96.8 cm³/mol. The van der Waals surface area contributed by atoms with E-state index in [1.54, 1.807) is 7.11 Å². The molecule has 5 nitrogen and oxygen atoms in total. The lowest BCUT2D eigenvalue weighted by Gasteiger charge is -2.29. The van der Waals surface area contributed by atoms with Crippen LogP contribution in [0.5, 0.6) is 5.75 Å². The molecule has 3 atom stereocenters. The summed E-state index contributed by atoms with van der Waals surface area (Å²) < 4.78 is 16.8. The lowest BCUT2D eigenvalue weighted by molar-refractivity contribution is -0.154. The third-order valence-corrected chi connectivity index (χ3v) is 4.60. The number of aryl methyl sites for hydroxylation is 1. The van der Waals surface area contributed by atoms with Crippen LogP contribution in [0.25, 0.3) is 0 Å². The Hall–Kier alpha value is -1.62. The molecule has 0 amide bonds. The van der Waals surface area contributed by atoms with E-state index in [1.807, 2.05) is 39.8 Å². The van der Waals surface area contributed by atoms with Gasteiger partial charge in [-0.2, -0.15) is 0 Å².